The number of carboxylic acids is 1. The van der Waals surface area contributed by atoms with Gasteiger partial charge in [-0.25, -0.2) is 13.2 Å². The van der Waals surface area contributed by atoms with E-state index in [4.69, 9.17) is 5.11 Å². The number of carbonyl (C=O) groups is 2. The lowest BCUT2D eigenvalue weighted by molar-refractivity contribution is -0.115. The van der Waals surface area contributed by atoms with Crippen LogP contribution < -0.4 is 5.32 Å². The topological polar surface area (TPSA) is 101 Å². The average molecular weight is 299 g/mol. The van der Waals surface area contributed by atoms with Crippen molar-refractivity contribution < 1.29 is 23.1 Å². The number of benzene rings is 1. The molecule has 0 atom stereocenters. The molecule has 6 nitrogen and oxygen atoms in total. The fourth-order valence-electron chi connectivity index (χ4n) is 1.66. The summed E-state index contributed by atoms with van der Waals surface area (Å²) in [5.74, 6) is -1.78. The minimum atomic E-state index is -3.20. The van der Waals surface area contributed by atoms with Crippen molar-refractivity contribution in [2.45, 2.75) is 20.3 Å². The molecule has 1 aromatic rings. The normalized spacial score (nSPS) is 11.2. The Kier molecular flexibility index (Phi) is 4.88. The molecule has 0 bridgehead atoms. The number of hydrogen-bond acceptors (Lipinski definition) is 4. The Balaban J connectivity index is 2.88. The van der Waals surface area contributed by atoms with Gasteiger partial charge in [0.2, 0.25) is 5.91 Å². The average Bonchev–Trinajstić information content (AvgIpc) is 2.29. The van der Waals surface area contributed by atoms with E-state index in [9.17, 15) is 18.0 Å². The highest BCUT2D eigenvalue weighted by Crippen LogP contribution is 2.20. The van der Waals surface area contributed by atoms with E-state index < -0.39 is 21.7 Å². The van der Waals surface area contributed by atoms with Crippen LogP contribution in [0.1, 0.15) is 27.9 Å². The molecule has 7 heteroatoms. The molecule has 0 radical (unpaired) electrons. The number of anilines is 1. The fourth-order valence-corrected chi connectivity index (χ4v) is 2.21. The summed E-state index contributed by atoms with van der Waals surface area (Å²) in [5.41, 5.74) is 1.84. The SMILES string of the molecule is Cc1cc(NC(=O)CCS(C)(=O)=O)cc(C(=O)O)c1C. The van der Waals surface area contributed by atoms with Crippen molar-refractivity contribution in [2.75, 3.05) is 17.3 Å². The Hall–Kier alpha value is -1.89. The second kappa shape index (κ2) is 6.04. The summed E-state index contributed by atoms with van der Waals surface area (Å²) in [5, 5.41) is 11.6. The van der Waals surface area contributed by atoms with Crippen LogP contribution in [0.3, 0.4) is 0 Å². The summed E-state index contributed by atoms with van der Waals surface area (Å²) in [7, 11) is -3.20. The van der Waals surface area contributed by atoms with Gasteiger partial charge in [0.25, 0.3) is 0 Å². The molecule has 1 rings (SSSR count). The maximum absolute atomic E-state index is 11.6. The molecule has 1 amide bonds. The van der Waals surface area contributed by atoms with E-state index in [1.165, 1.54) is 6.07 Å². The largest absolute Gasteiger partial charge is 0.478 e. The Morgan fingerprint density at radius 3 is 2.35 bits per heavy atom. The van der Waals surface area contributed by atoms with Crippen LogP contribution in [-0.2, 0) is 14.6 Å². The van der Waals surface area contributed by atoms with E-state index in [0.29, 0.717) is 11.3 Å². The number of carboxylic acid groups (broad SMARTS) is 1. The maximum atomic E-state index is 11.6. The highest BCUT2D eigenvalue weighted by Gasteiger charge is 2.13. The molecule has 0 fully saturated rings. The molecule has 1 aromatic carbocycles. The molecule has 110 valence electrons. The van der Waals surface area contributed by atoms with Gasteiger partial charge in [0, 0.05) is 18.4 Å². The van der Waals surface area contributed by atoms with Crippen LogP contribution >= 0.6 is 0 Å². The van der Waals surface area contributed by atoms with Crippen molar-refractivity contribution >= 4 is 27.4 Å². The van der Waals surface area contributed by atoms with Crippen LogP contribution in [0.25, 0.3) is 0 Å². The van der Waals surface area contributed by atoms with Gasteiger partial charge in [-0.3, -0.25) is 4.79 Å². The van der Waals surface area contributed by atoms with Crippen LogP contribution in [0.5, 0.6) is 0 Å². The molecule has 0 spiro atoms. The Bertz CT molecular complexity index is 649. The minimum Gasteiger partial charge on any atom is -0.478 e. The molecular weight excluding hydrogens is 282 g/mol. The van der Waals surface area contributed by atoms with E-state index >= 15 is 0 Å². The van der Waals surface area contributed by atoms with E-state index in [0.717, 1.165) is 11.8 Å². The number of aryl methyl sites for hydroxylation is 1. The van der Waals surface area contributed by atoms with Crippen LogP contribution in [0.15, 0.2) is 12.1 Å². The quantitative estimate of drug-likeness (QED) is 0.855. The summed E-state index contributed by atoms with van der Waals surface area (Å²) in [6.07, 6.45) is 0.896. The first-order valence-electron chi connectivity index (χ1n) is 5.92. The van der Waals surface area contributed by atoms with E-state index in [1.807, 2.05) is 0 Å². The number of aromatic carboxylic acids is 1. The van der Waals surface area contributed by atoms with Gasteiger partial charge in [-0.2, -0.15) is 0 Å². The molecule has 0 heterocycles. The first kappa shape index (κ1) is 16.2. The van der Waals surface area contributed by atoms with Crippen molar-refractivity contribution in [2.24, 2.45) is 0 Å². The van der Waals surface area contributed by atoms with Gasteiger partial charge in [0.1, 0.15) is 9.84 Å². The smallest absolute Gasteiger partial charge is 0.336 e. The van der Waals surface area contributed by atoms with Crippen molar-refractivity contribution in [3.8, 4) is 0 Å². The predicted molar refractivity (Wildman–Crippen MR) is 75.8 cm³/mol. The lowest BCUT2D eigenvalue weighted by Crippen LogP contribution is -2.17. The fraction of sp³-hybridized carbons (Fsp3) is 0.385. The number of hydrogen-bond donors (Lipinski definition) is 2. The van der Waals surface area contributed by atoms with Gasteiger partial charge in [-0.05, 0) is 37.1 Å². The summed E-state index contributed by atoms with van der Waals surface area (Å²) < 4.78 is 21.9. The van der Waals surface area contributed by atoms with Crippen molar-refractivity contribution in [3.05, 3.63) is 28.8 Å². The van der Waals surface area contributed by atoms with Crippen LogP contribution in [0.4, 0.5) is 5.69 Å². The van der Waals surface area contributed by atoms with Gasteiger partial charge in [-0.15, -0.1) is 0 Å². The van der Waals surface area contributed by atoms with E-state index in [1.54, 1.807) is 19.9 Å². The van der Waals surface area contributed by atoms with Gasteiger partial charge < -0.3 is 10.4 Å². The van der Waals surface area contributed by atoms with Crippen LogP contribution in [0.2, 0.25) is 0 Å². The third-order valence-electron chi connectivity index (χ3n) is 2.88. The first-order chi connectivity index (χ1) is 9.10. The van der Waals surface area contributed by atoms with Crippen molar-refractivity contribution in [3.63, 3.8) is 0 Å². The summed E-state index contributed by atoms with van der Waals surface area (Å²) >= 11 is 0. The second-order valence-electron chi connectivity index (χ2n) is 4.70. The zero-order chi connectivity index (χ0) is 15.5. The number of nitrogens with one attached hydrogen (secondary N) is 1. The third-order valence-corrected chi connectivity index (χ3v) is 3.83. The standard InChI is InChI=1S/C13H17NO5S/c1-8-6-10(7-11(9(8)2)13(16)17)14-12(15)4-5-20(3,18)19/h6-7H,4-5H2,1-3H3,(H,14,15)(H,16,17). The minimum absolute atomic E-state index is 0.114. The zero-order valence-electron chi connectivity index (χ0n) is 11.6. The maximum Gasteiger partial charge on any atom is 0.336 e. The van der Waals surface area contributed by atoms with Crippen LogP contribution in [-0.4, -0.2) is 37.4 Å². The lowest BCUT2D eigenvalue weighted by atomic mass is 10.0. The Morgan fingerprint density at radius 1 is 1.25 bits per heavy atom. The Morgan fingerprint density at radius 2 is 1.85 bits per heavy atom. The molecule has 0 unspecified atom stereocenters. The van der Waals surface area contributed by atoms with Gasteiger partial charge in [-0.1, -0.05) is 0 Å². The monoisotopic (exact) mass is 299 g/mol. The third kappa shape index (κ3) is 4.65. The molecule has 0 aliphatic rings. The molecule has 0 saturated carbocycles. The van der Waals surface area contributed by atoms with Gasteiger partial charge in [0.05, 0.1) is 11.3 Å². The first-order valence-corrected chi connectivity index (χ1v) is 7.98. The second-order valence-corrected chi connectivity index (χ2v) is 6.96. The van der Waals surface area contributed by atoms with Crippen LogP contribution in [0, 0.1) is 13.8 Å². The summed E-state index contributed by atoms with van der Waals surface area (Å²) in [6.45, 7) is 3.43. The Labute approximate surface area is 117 Å². The lowest BCUT2D eigenvalue weighted by Gasteiger charge is -2.10. The summed E-state index contributed by atoms with van der Waals surface area (Å²) in [4.78, 5) is 22.7. The van der Waals surface area contributed by atoms with Crippen molar-refractivity contribution in [1.29, 1.82) is 0 Å². The summed E-state index contributed by atoms with van der Waals surface area (Å²) in [6, 6.07) is 3.02. The molecule has 0 aliphatic heterocycles. The zero-order valence-corrected chi connectivity index (χ0v) is 12.4. The highest BCUT2D eigenvalue weighted by atomic mass is 32.2. The highest BCUT2D eigenvalue weighted by molar-refractivity contribution is 7.90. The van der Waals surface area contributed by atoms with Gasteiger partial charge >= 0.3 is 5.97 Å². The van der Waals surface area contributed by atoms with Gasteiger partial charge in [0.15, 0.2) is 0 Å². The molecule has 2 N–H and O–H groups in total. The number of amides is 1. The van der Waals surface area contributed by atoms with E-state index in [2.05, 4.69) is 5.32 Å². The molecule has 0 aromatic heterocycles. The number of rotatable bonds is 5. The number of sulfone groups is 1. The molecule has 20 heavy (non-hydrogen) atoms. The molecule has 0 saturated heterocycles. The number of carbonyl (C=O) groups excluding carboxylic acids is 1. The predicted octanol–water partition coefficient (Wildman–Crippen LogP) is 1.37. The molecule has 0 aliphatic carbocycles. The van der Waals surface area contributed by atoms with Crippen molar-refractivity contribution in [1.82, 2.24) is 0 Å². The van der Waals surface area contributed by atoms with E-state index in [-0.39, 0.29) is 17.7 Å². The molecular formula is C13H17NO5S.